The Balaban J connectivity index is 1.47. The van der Waals surface area contributed by atoms with Gasteiger partial charge in [-0.25, -0.2) is 29.0 Å². The number of nitrogens with one attached hydrogen (secondary N) is 3. The second-order valence-corrected chi connectivity index (χ2v) is 21.6. The van der Waals surface area contributed by atoms with Crippen molar-refractivity contribution in [2.24, 2.45) is 0 Å². The van der Waals surface area contributed by atoms with E-state index < -0.39 is 221 Å². The van der Waals surface area contributed by atoms with Crippen molar-refractivity contribution in [2.75, 3.05) is 34.0 Å². The number of aliphatic hydroxyl groups is 6. The lowest BCUT2D eigenvalue weighted by molar-refractivity contribution is -0.541. The summed E-state index contributed by atoms with van der Waals surface area (Å²) < 4.78 is 209. The smallest absolute Gasteiger partial charge is 0.397 e. The van der Waals surface area contributed by atoms with Gasteiger partial charge in [-0.15, -0.1) is 0 Å². The maximum atomic E-state index is 12.6. The zero-order valence-electron chi connectivity index (χ0n) is 40.9. The average Bonchev–Trinajstić information content (AvgIpc) is 3.51. The first-order valence-corrected chi connectivity index (χ1v) is 27.9. The van der Waals surface area contributed by atoms with Crippen LogP contribution in [-0.4, -0.2) is 299 Å². The Morgan fingerprint density at radius 3 is 1.41 bits per heavy atom. The lowest BCUT2D eigenvalue weighted by Gasteiger charge is -2.50. The molecule has 5 aliphatic rings. The van der Waals surface area contributed by atoms with E-state index in [2.05, 4.69) is 33.7 Å². The van der Waals surface area contributed by atoms with Crippen LogP contribution in [0.15, 0.2) is 0 Å². The highest BCUT2D eigenvalue weighted by Gasteiger charge is 2.60. The van der Waals surface area contributed by atoms with E-state index in [0.717, 1.165) is 7.11 Å². The summed E-state index contributed by atoms with van der Waals surface area (Å²) in [4.78, 5) is 37.8. The Kier molecular flexibility index (Phi) is 26.0. The predicted molar refractivity (Wildman–Crippen MR) is 232 cm³/mol. The van der Waals surface area contributed by atoms with E-state index in [0.29, 0.717) is 0 Å². The summed E-state index contributed by atoms with van der Waals surface area (Å²) in [5.74, 6) is 0. The Hall–Kier alpha value is -2.62. The number of methoxy groups -OCH3 is 1. The molecule has 0 aromatic carbocycles. The number of rotatable bonds is 31. The van der Waals surface area contributed by atoms with Crippen molar-refractivity contribution in [1.29, 1.82) is 0 Å². The Morgan fingerprint density at radius 1 is 0.439 bits per heavy atom. The number of aliphatic hydroxyl groups excluding tert-OH is 6. The summed E-state index contributed by atoms with van der Waals surface area (Å²) in [6.07, 6.45) is -50.9. The molecule has 46 nitrogen and oxygen atoms in total. The van der Waals surface area contributed by atoms with E-state index in [4.69, 9.17) is 76.4 Å². The van der Waals surface area contributed by atoms with E-state index in [1.54, 1.807) is 0 Å². The monoisotopic (exact) mass is 1300 g/mol. The second kappa shape index (κ2) is 30.3. The molecule has 16 N–H and O–H groups in total. The first-order valence-electron chi connectivity index (χ1n) is 22.3. The summed E-state index contributed by atoms with van der Waals surface area (Å²) in [7, 11) is -19.2. The van der Waals surface area contributed by atoms with Gasteiger partial charge < -0.3 is 92.8 Å². The highest BCUT2D eigenvalue weighted by molar-refractivity contribution is 7.84. The lowest BCUT2D eigenvalue weighted by Crippen LogP contribution is -2.70. The second-order valence-electron chi connectivity index (χ2n) is 17.0. The van der Waals surface area contributed by atoms with Gasteiger partial charge in [0.25, 0.3) is 12.9 Å². The molecular formula is C32H55N3O43S4. The minimum absolute atomic E-state index is 0.360. The third kappa shape index (κ3) is 18.7. The molecule has 5 saturated heterocycles. The largest absolute Gasteiger partial charge is 0.435 e. The maximum absolute atomic E-state index is 12.6. The van der Waals surface area contributed by atoms with Crippen LogP contribution >= 0.6 is 0 Å². The average molecular weight is 1300 g/mol. The molecule has 0 radical (unpaired) electrons. The number of carbonyl (C=O) groups excluding carboxylic acids is 2. The van der Waals surface area contributed by atoms with E-state index >= 15 is 0 Å². The number of hydrogen-bond donors (Lipinski definition) is 16. The van der Waals surface area contributed by atoms with Gasteiger partial charge in [0.05, 0.1) is 19.3 Å². The standard InChI is InChI=1S/C32H55N3O43S4/c1-33-11-16(40)20(10(66-26(11)59-2)5-64-82(56,57)58)68-32-25(75-78-46)19(43)24(31(73-32)61-7-37)71-28-13(35-80(50,51)52)22(74-77-45)21(9(67-28)3-62-76-44)69-29-18(42)17(41)23(30(72-29)60-6-36)70-27-12(34-79(47,48)49)15(39)14(38)8(65-27)4-63-81(53,54)55/h6-35,38-46H,3-5H2,1-2H3,(H,47,48,49)(H,50,51,52)(H,53,54,55)(H,56,57,58)/t8?,9?,10?,11?,12?,13?,14-,15-,16-,17-,18?,19-,20-,21-,22-,23+,24-,25+,26+,27-,28+,29-,30?,31?,32?/m1/s1. The molecule has 0 bridgehead atoms. The molecule has 5 aliphatic heterocycles. The molecule has 0 aromatic rings. The number of likely N-dealkylation sites (N-methyl/N-ethyl adjacent to an activating group) is 1. The van der Waals surface area contributed by atoms with Crippen molar-refractivity contribution < 1.29 is 203 Å². The molecule has 25 atom stereocenters. The van der Waals surface area contributed by atoms with Crippen LogP contribution < -0.4 is 14.8 Å². The number of hydrogen-bond acceptors (Lipinski definition) is 40. The molecule has 50 heteroatoms. The molecule has 0 amide bonds. The molecule has 480 valence electrons. The van der Waals surface area contributed by atoms with Crippen LogP contribution in [-0.2, 0) is 146 Å². The van der Waals surface area contributed by atoms with Crippen LogP contribution in [0.2, 0.25) is 0 Å². The van der Waals surface area contributed by atoms with Crippen molar-refractivity contribution in [1.82, 2.24) is 14.8 Å². The van der Waals surface area contributed by atoms with Crippen LogP contribution in [0.4, 0.5) is 0 Å². The zero-order chi connectivity index (χ0) is 61.2. The molecule has 5 rings (SSSR count). The van der Waals surface area contributed by atoms with Crippen LogP contribution in [0, 0.1) is 0 Å². The topological polar surface area (TPSA) is 654 Å². The van der Waals surface area contributed by atoms with Crippen molar-refractivity contribution >= 4 is 54.4 Å². The maximum Gasteiger partial charge on any atom is 0.397 e. The summed E-state index contributed by atoms with van der Waals surface area (Å²) >= 11 is 0. The Bertz CT molecular complexity index is 2470. The van der Waals surface area contributed by atoms with Gasteiger partial charge in [-0.1, -0.05) is 15.1 Å². The van der Waals surface area contributed by atoms with Gasteiger partial charge in [0.15, 0.2) is 49.8 Å². The molecule has 0 saturated carbocycles. The molecular weight excluding hydrogens is 1240 g/mol. The fourth-order valence-corrected chi connectivity index (χ4v) is 10.4. The molecule has 5 fully saturated rings. The predicted octanol–water partition coefficient (Wildman–Crippen LogP) is -11.0. The van der Waals surface area contributed by atoms with E-state index in [1.165, 1.54) is 16.5 Å². The summed E-state index contributed by atoms with van der Waals surface area (Å²) in [5.41, 5.74) is 0. The van der Waals surface area contributed by atoms with Crippen LogP contribution in [0.3, 0.4) is 0 Å². The highest BCUT2D eigenvalue weighted by Crippen LogP contribution is 2.38. The minimum Gasteiger partial charge on any atom is -0.435 e. The summed E-state index contributed by atoms with van der Waals surface area (Å²) in [6.45, 7) is -4.52. The van der Waals surface area contributed by atoms with Gasteiger partial charge >= 0.3 is 41.4 Å². The summed E-state index contributed by atoms with van der Waals surface area (Å²) in [5, 5.41) is 109. The SMILES string of the molecule is CNC1[C@@H](OC)OC(COS(=O)(=O)O)[C@@H](OC2OC(OC=O)[C@H](O[C@@H]3OC(COOO)[C@@H](O[C@@H]4OC(OC=O)[C@@H](O[C@H]5OC(COS(=O)(=O)O)[C@@H](O)[C@H](O)C5NS(=O)(=O)O)[C@H](O)C4O)[C@H](OOO)C3NS(=O)(=O)O)[C@@H](O)[C@@H]2OOO)[C@@H]1O. The zero-order valence-corrected chi connectivity index (χ0v) is 44.2. The number of ether oxygens (including phenoxy) is 12. The highest BCUT2D eigenvalue weighted by atomic mass is 32.3. The van der Waals surface area contributed by atoms with E-state index in [-0.39, 0.29) is 6.47 Å². The lowest BCUT2D eigenvalue weighted by atomic mass is 9.95. The van der Waals surface area contributed by atoms with Gasteiger partial charge in [0, 0.05) is 7.11 Å². The van der Waals surface area contributed by atoms with Gasteiger partial charge in [-0.05, 0) is 7.05 Å². The quantitative estimate of drug-likeness (QED) is 0.0133. The molecule has 5 heterocycles. The van der Waals surface area contributed by atoms with Gasteiger partial charge in [0.1, 0.15) is 91.9 Å². The first-order chi connectivity index (χ1) is 38.3. The van der Waals surface area contributed by atoms with Crippen LogP contribution in [0.5, 0.6) is 0 Å². The molecule has 10 unspecified atom stereocenters. The van der Waals surface area contributed by atoms with Crippen molar-refractivity contribution in [2.45, 2.75) is 154 Å². The molecule has 0 aromatic heterocycles. The van der Waals surface area contributed by atoms with Gasteiger partial charge in [0.2, 0.25) is 12.6 Å². The molecule has 0 spiro atoms. The van der Waals surface area contributed by atoms with Gasteiger partial charge in [-0.3, -0.25) is 27.8 Å². The fourth-order valence-electron chi connectivity index (χ4n) is 8.61. The molecule has 0 aliphatic carbocycles. The molecule has 82 heavy (non-hydrogen) atoms. The van der Waals surface area contributed by atoms with Crippen molar-refractivity contribution in [3.63, 3.8) is 0 Å². The number of carbonyl (C=O) groups is 2. The van der Waals surface area contributed by atoms with E-state index in [1.807, 2.05) is 0 Å². The van der Waals surface area contributed by atoms with E-state index in [9.17, 15) is 98.1 Å². The van der Waals surface area contributed by atoms with Crippen LogP contribution in [0.1, 0.15) is 0 Å². The fraction of sp³-hybridized carbons (Fsp3) is 0.938. The van der Waals surface area contributed by atoms with Crippen molar-refractivity contribution in [3.8, 4) is 0 Å². The van der Waals surface area contributed by atoms with Crippen LogP contribution in [0.25, 0.3) is 0 Å². The third-order valence-corrected chi connectivity index (χ3v) is 14.0. The first kappa shape index (κ1) is 70.1. The minimum atomic E-state index is -5.67. The normalized spacial score (nSPS) is 40.7. The summed E-state index contributed by atoms with van der Waals surface area (Å²) in [6, 6.07) is -6.19. The van der Waals surface area contributed by atoms with Crippen molar-refractivity contribution in [3.05, 3.63) is 0 Å². The Labute approximate surface area is 458 Å². The van der Waals surface area contributed by atoms with Gasteiger partial charge in [-0.2, -0.15) is 52.9 Å². The third-order valence-electron chi connectivity index (χ3n) is 12.0. The Morgan fingerprint density at radius 2 is 0.902 bits per heavy atom.